The Balaban J connectivity index is 2.22. The summed E-state index contributed by atoms with van der Waals surface area (Å²) in [5, 5.41) is 13.9. The number of hydrogen-bond donors (Lipinski definition) is 1. The molecule has 2 rings (SSSR count). The highest BCUT2D eigenvalue weighted by Gasteiger charge is 2.12. The molecule has 0 bridgehead atoms. The van der Waals surface area contributed by atoms with E-state index in [1.54, 1.807) is 12.3 Å². The van der Waals surface area contributed by atoms with Crippen LogP contribution < -0.4 is 10.1 Å². The molecular formula is C13H11Br2N3O3. The van der Waals surface area contributed by atoms with Gasteiger partial charge in [0.25, 0.3) is 5.69 Å². The number of aromatic nitrogens is 1. The van der Waals surface area contributed by atoms with E-state index in [1.807, 2.05) is 6.07 Å². The van der Waals surface area contributed by atoms with Crippen LogP contribution in [-0.2, 0) is 6.54 Å². The average Bonchev–Trinajstić information content (AvgIpc) is 2.46. The molecule has 0 saturated heterocycles. The number of benzene rings is 1. The first-order valence-electron chi connectivity index (χ1n) is 5.87. The van der Waals surface area contributed by atoms with E-state index in [9.17, 15) is 10.1 Å². The maximum atomic E-state index is 10.8. The number of hydrogen-bond acceptors (Lipinski definition) is 5. The molecule has 0 fully saturated rings. The Hall–Kier alpha value is -1.67. The van der Waals surface area contributed by atoms with Crippen LogP contribution in [0.2, 0.25) is 0 Å². The van der Waals surface area contributed by atoms with E-state index in [1.165, 1.54) is 19.2 Å². The number of nitrogens with zero attached hydrogens (tertiary/aromatic N) is 2. The van der Waals surface area contributed by atoms with Gasteiger partial charge in [-0.1, -0.05) is 0 Å². The summed E-state index contributed by atoms with van der Waals surface area (Å²) < 4.78 is 6.90. The number of halogens is 2. The number of ether oxygens (including phenoxy) is 1. The maximum Gasteiger partial charge on any atom is 0.271 e. The molecule has 6 nitrogen and oxygen atoms in total. The van der Waals surface area contributed by atoms with Crippen LogP contribution in [-0.4, -0.2) is 17.0 Å². The smallest absolute Gasteiger partial charge is 0.271 e. The van der Waals surface area contributed by atoms with E-state index < -0.39 is 4.92 Å². The molecular weight excluding hydrogens is 406 g/mol. The first-order valence-corrected chi connectivity index (χ1v) is 7.46. The van der Waals surface area contributed by atoms with Crippen molar-refractivity contribution in [3.63, 3.8) is 0 Å². The summed E-state index contributed by atoms with van der Waals surface area (Å²) in [4.78, 5) is 14.7. The van der Waals surface area contributed by atoms with Crippen molar-refractivity contribution in [2.45, 2.75) is 6.54 Å². The molecule has 0 spiro atoms. The Kier molecular flexibility index (Phi) is 5.13. The molecule has 0 amide bonds. The van der Waals surface area contributed by atoms with Crippen molar-refractivity contribution in [2.75, 3.05) is 12.4 Å². The molecule has 2 aromatic rings. The highest BCUT2D eigenvalue weighted by Crippen LogP contribution is 2.29. The van der Waals surface area contributed by atoms with Crippen molar-refractivity contribution in [3.8, 4) is 5.75 Å². The zero-order valence-electron chi connectivity index (χ0n) is 11.0. The summed E-state index contributed by atoms with van der Waals surface area (Å²) in [6, 6.07) is 6.28. The van der Waals surface area contributed by atoms with Crippen LogP contribution in [0.25, 0.3) is 0 Å². The minimum atomic E-state index is -0.446. The average molecular weight is 417 g/mol. The monoisotopic (exact) mass is 415 g/mol. The van der Waals surface area contributed by atoms with Gasteiger partial charge in [0, 0.05) is 27.3 Å². The van der Waals surface area contributed by atoms with Crippen molar-refractivity contribution < 1.29 is 9.66 Å². The molecule has 0 radical (unpaired) electrons. The SMILES string of the molecule is COc1ccc([N+](=O)[O-])cc1NCc1ncc(Br)cc1Br. The van der Waals surface area contributed by atoms with Crippen molar-refractivity contribution in [2.24, 2.45) is 0 Å². The second kappa shape index (κ2) is 6.86. The van der Waals surface area contributed by atoms with Crippen LogP contribution in [0.5, 0.6) is 5.75 Å². The maximum absolute atomic E-state index is 10.8. The lowest BCUT2D eigenvalue weighted by Gasteiger charge is -2.11. The van der Waals surface area contributed by atoms with E-state index >= 15 is 0 Å². The van der Waals surface area contributed by atoms with Gasteiger partial charge in [-0.05, 0) is 44.0 Å². The number of pyridine rings is 1. The molecule has 0 aliphatic heterocycles. The van der Waals surface area contributed by atoms with Crippen LogP contribution in [0.1, 0.15) is 5.69 Å². The van der Waals surface area contributed by atoms with Gasteiger partial charge in [0.05, 0.1) is 30.0 Å². The summed E-state index contributed by atoms with van der Waals surface area (Å²) in [5.74, 6) is 0.536. The Bertz CT molecular complexity index is 680. The lowest BCUT2D eigenvalue weighted by molar-refractivity contribution is -0.384. The second-order valence-electron chi connectivity index (χ2n) is 4.08. The number of anilines is 1. The molecule has 8 heteroatoms. The predicted molar refractivity (Wildman–Crippen MR) is 86.6 cm³/mol. The Labute approximate surface area is 137 Å². The van der Waals surface area contributed by atoms with Gasteiger partial charge >= 0.3 is 0 Å². The standard InChI is InChI=1S/C13H11Br2N3O3/c1-21-13-3-2-9(18(19)20)5-11(13)17-7-12-10(15)4-8(14)6-16-12/h2-6,17H,7H2,1H3. The van der Waals surface area contributed by atoms with Gasteiger partial charge in [-0.3, -0.25) is 15.1 Å². The van der Waals surface area contributed by atoms with Gasteiger partial charge in [-0.15, -0.1) is 0 Å². The summed E-state index contributed by atoms with van der Waals surface area (Å²) in [5.41, 5.74) is 1.33. The first kappa shape index (κ1) is 15.7. The third kappa shape index (κ3) is 3.92. The lowest BCUT2D eigenvalue weighted by Crippen LogP contribution is -2.04. The van der Waals surface area contributed by atoms with E-state index in [4.69, 9.17) is 4.74 Å². The van der Waals surface area contributed by atoms with Crippen molar-refractivity contribution in [3.05, 3.63) is 55.2 Å². The molecule has 1 aromatic heterocycles. The van der Waals surface area contributed by atoms with Gasteiger partial charge in [-0.2, -0.15) is 0 Å². The first-order chi connectivity index (χ1) is 10.0. The molecule has 0 unspecified atom stereocenters. The number of nitro groups is 1. The van der Waals surface area contributed by atoms with Crippen LogP contribution in [0.4, 0.5) is 11.4 Å². The van der Waals surface area contributed by atoms with E-state index in [0.717, 1.165) is 14.6 Å². The van der Waals surface area contributed by atoms with E-state index in [0.29, 0.717) is 18.0 Å². The van der Waals surface area contributed by atoms with Crippen molar-refractivity contribution in [1.29, 1.82) is 0 Å². The highest BCUT2D eigenvalue weighted by molar-refractivity contribution is 9.11. The minimum Gasteiger partial charge on any atom is -0.495 e. The quantitative estimate of drug-likeness (QED) is 0.585. The largest absolute Gasteiger partial charge is 0.495 e. The van der Waals surface area contributed by atoms with E-state index in [2.05, 4.69) is 42.2 Å². The zero-order chi connectivity index (χ0) is 15.4. The number of methoxy groups -OCH3 is 1. The fourth-order valence-corrected chi connectivity index (χ4v) is 2.83. The van der Waals surface area contributed by atoms with Crippen LogP contribution in [0.15, 0.2) is 39.4 Å². The number of non-ortho nitro benzene ring substituents is 1. The molecule has 1 aromatic carbocycles. The van der Waals surface area contributed by atoms with E-state index in [-0.39, 0.29) is 5.69 Å². The molecule has 0 atom stereocenters. The van der Waals surface area contributed by atoms with Crippen LogP contribution >= 0.6 is 31.9 Å². The van der Waals surface area contributed by atoms with Gasteiger partial charge in [0.1, 0.15) is 5.75 Å². The normalized spacial score (nSPS) is 10.2. The van der Waals surface area contributed by atoms with Gasteiger partial charge in [0.15, 0.2) is 0 Å². The molecule has 110 valence electrons. The van der Waals surface area contributed by atoms with Crippen LogP contribution in [0.3, 0.4) is 0 Å². The third-order valence-corrected chi connectivity index (χ3v) is 3.84. The fourth-order valence-electron chi connectivity index (χ4n) is 1.70. The number of nitro benzene ring substituents is 1. The van der Waals surface area contributed by atoms with Crippen LogP contribution in [0, 0.1) is 10.1 Å². The Morgan fingerprint density at radius 1 is 1.38 bits per heavy atom. The van der Waals surface area contributed by atoms with Crippen molar-refractivity contribution in [1.82, 2.24) is 4.98 Å². The van der Waals surface area contributed by atoms with Gasteiger partial charge < -0.3 is 10.1 Å². The summed E-state index contributed by atoms with van der Waals surface area (Å²) in [6.45, 7) is 0.408. The van der Waals surface area contributed by atoms with Crippen molar-refractivity contribution >= 4 is 43.2 Å². The molecule has 0 aliphatic rings. The molecule has 1 heterocycles. The summed E-state index contributed by atoms with van der Waals surface area (Å²) in [7, 11) is 1.51. The minimum absolute atomic E-state index is 0.00105. The number of nitrogens with one attached hydrogen (secondary N) is 1. The number of rotatable bonds is 5. The topological polar surface area (TPSA) is 77.3 Å². The third-order valence-electron chi connectivity index (χ3n) is 2.72. The molecule has 21 heavy (non-hydrogen) atoms. The highest BCUT2D eigenvalue weighted by atomic mass is 79.9. The fraction of sp³-hybridized carbons (Fsp3) is 0.154. The lowest BCUT2D eigenvalue weighted by atomic mass is 10.2. The Morgan fingerprint density at radius 2 is 2.14 bits per heavy atom. The molecule has 1 N–H and O–H groups in total. The van der Waals surface area contributed by atoms with Gasteiger partial charge in [0.2, 0.25) is 0 Å². The van der Waals surface area contributed by atoms with Gasteiger partial charge in [-0.25, -0.2) is 0 Å². The summed E-state index contributed by atoms with van der Waals surface area (Å²) in [6.07, 6.45) is 1.69. The molecule has 0 aliphatic carbocycles. The second-order valence-corrected chi connectivity index (χ2v) is 5.85. The predicted octanol–water partition coefficient (Wildman–Crippen LogP) is 4.14. The summed E-state index contributed by atoms with van der Waals surface area (Å²) >= 11 is 6.75. The zero-order valence-corrected chi connectivity index (χ0v) is 14.1. The molecule has 0 saturated carbocycles. The Morgan fingerprint density at radius 3 is 2.76 bits per heavy atom.